The fourth-order valence-electron chi connectivity index (χ4n) is 2.04. The van der Waals surface area contributed by atoms with Gasteiger partial charge in [0.25, 0.3) is 0 Å². The van der Waals surface area contributed by atoms with Crippen LogP contribution in [0, 0.1) is 0 Å². The third-order valence-corrected chi connectivity index (χ3v) is 3.11. The Hall–Kier alpha value is -1.99. The molecule has 2 amide bonds. The molecule has 1 N–H and O–H groups in total. The summed E-state index contributed by atoms with van der Waals surface area (Å²) in [6.45, 7) is 9.49. The molecule has 144 valence electrons. The van der Waals surface area contributed by atoms with Crippen LogP contribution in [0.15, 0.2) is 29.4 Å². The van der Waals surface area contributed by atoms with Gasteiger partial charge in [-0.3, -0.25) is 5.01 Å². The average molecular weight is 362 g/mol. The number of rotatable bonds is 10. The van der Waals surface area contributed by atoms with E-state index in [4.69, 9.17) is 0 Å². The molecule has 0 aliphatic heterocycles. The number of hydrogen-bond donors (Lipinski definition) is 1. The number of hydrazone groups is 1. The highest BCUT2D eigenvalue weighted by atomic mass is 19.4. The van der Waals surface area contributed by atoms with Gasteiger partial charge in [-0.05, 0) is 25.3 Å². The highest BCUT2D eigenvalue weighted by Gasteiger charge is 2.31. The van der Waals surface area contributed by atoms with Crippen LogP contribution in [-0.4, -0.2) is 61.1 Å². The van der Waals surface area contributed by atoms with E-state index in [1.807, 2.05) is 25.1 Å². The molecule has 0 saturated heterocycles. The van der Waals surface area contributed by atoms with Gasteiger partial charge in [0.1, 0.15) is 6.54 Å². The molecule has 1 atom stereocenters. The first-order valence-electron chi connectivity index (χ1n) is 8.31. The molecular formula is C17H29F3N4O. The minimum Gasteiger partial charge on any atom is -0.332 e. The lowest BCUT2D eigenvalue weighted by Crippen LogP contribution is -2.45. The summed E-state index contributed by atoms with van der Waals surface area (Å²) in [5.41, 5.74) is 0.841. The molecule has 8 heteroatoms. The van der Waals surface area contributed by atoms with Crippen molar-refractivity contribution in [3.63, 3.8) is 0 Å². The molecule has 0 saturated carbocycles. The van der Waals surface area contributed by atoms with Crippen molar-refractivity contribution in [1.82, 2.24) is 15.2 Å². The minimum atomic E-state index is -4.42. The number of urea groups is 1. The van der Waals surface area contributed by atoms with Crippen LogP contribution < -0.4 is 5.32 Å². The first kappa shape index (κ1) is 23.0. The predicted molar refractivity (Wildman–Crippen MR) is 95.6 cm³/mol. The zero-order valence-corrected chi connectivity index (χ0v) is 15.4. The van der Waals surface area contributed by atoms with Gasteiger partial charge in [-0.15, -0.1) is 0 Å². The molecule has 0 spiro atoms. The van der Waals surface area contributed by atoms with E-state index in [0.29, 0.717) is 11.4 Å². The molecule has 5 nitrogen and oxygen atoms in total. The highest BCUT2D eigenvalue weighted by molar-refractivity contribution is 5.74. The Labute approximate surface area is 148 Å². The number of halogens is 3. The largest absolute Gasteiger partial charge is 0.406 e. The predicted octanol–water partition coefficient (Wildman–Crippen LogP) is 3.80. The van der Waals surface area contributed by atoms with E-state index in [0.717, 1.165) is 32.0 Å². The van der Waals surface area contributed by atoms with Crippen LogP contribution in [-0.2, 0) is 0 Å². The van der Waals surface area contributed by atoms with Crippen LogP contribution in [0.25, 0.3) is 0 Å². The number of carbonyl (C=O) groups is 1. The minimum absolute atomic E-state index is 0.435. The van der Waals surface area contributed by atoms with E-state index < -0.39 is 24.8 Å². The monoisotopic (exact) mass is 362 g/mol. The van der Waals surface area contributed by atoms with E-state index >= 15 is 0 Å². The maximum absolute atomic E-state index is 12.3. The van der Waals surface area contributed by atoms with Crippen molar-refractivity contribution in [2.45, 2.75) is 45.8 Å². The van der Waals surface area contributed by atoms with Gasteiger partial charge in [0.15, 0.2) is 0 Å². The Kier molecular flexibility index (Phi) is 10.6. The second-order valence-electron chi connectivity index (χ2n) is 5.75. The Balaban J connectivity index is 4.81. The fraction of sp³-hybridized carbons (Fsp3) is 0.647. The zero-order chi connectivity index (χ0) is 19.5. The zero-order valence-electron chi connectivity index (χ0n) is 15.4. The van der Waals surface area contributed by atoms with Gasteiger partial charge in [0.05, 0.1) is 6.54 Å². The summed E-state index contributed by atoms with van der Waals surface area (Å²) in [5, 5.41) is 8.77. The SMILES string of the molecule is C=C/C(=C\C(C)NC(=O)N(C)CC(F)(F)F)CN(CCC)/N=C\CC. The van der Waals surface area contributed by atoms with Crippen molar-refractivity contribution in [2.75, 3.05) is 26.7 Å². The molecule has 0 radical (unpaired) electrons. The van der Waals surface area contributed by atoms with Gasteiger partial charge in [-0.1, -0.05) is 32.6 Å². The van der Waals surface area contributed by atoms with E-state index in [2.05, 4.69) is 17.0 Å². The number of nitrogens with zero attached hydrogens (tertiary/aromatic N) is 3. The number of alkyl halides is 3. The molecule has 0 rings (SSSR count). The van der Waals surface area contributed by atoms with E-state index in [9.17, 15) is 18.0 Å². The molecule has 1 unspecified atom stereocenters. The van der Waals surface area contributed by atoms with Crippen LogP contribution in [0.2, 0.25) is 0 Å². The smallest absolute Gasteiger partial charge is 0.332 e. The van der Waals surface area contributed by atoms with Gasteiger partial charge < -0.3 is 10.2 Å². The summed E-state index contributed by atoms with van der Waals surface area (Å²) in [5.74, 6) is 0. The van der Waals surface area contributed by atoms with Crippen molar-refractivity contribution in [2.24, 2.45) is 5.10 Å². The van der Waals surface area contributed by atoms with Gasteiger partial charge in [-0.25, -0.2) is 4.79 Å². The first-order chi connectivity index (χ1) is 11.6. The highest BCUT2D eigenvalue weighted by Crippen LogP contribution is 2.15. The van der Waals surface area contributed by atoms with Crippen LogP contribution in [0.3, 0.4) is 0 Å². The van der Waals surface area contributed by atoms with Crippen molar-refractivity contribution in [3.05, 3.63) is 24.3 Å². The Morgan fingerprint density at radius 2 is 2.00 bits per heavy atom. The molecule has 0 fully saturated rings. The lowest BCUT2D eigenvalue weighted by atomic mass is 10.1. The summed E-state index contributed by atoms with van der Waals surface area (Å²) in [7, 11) is 1.11. The first-order valence-corrected chi connectivity index (χ1v) is 8.31. The average Bonchev–Trinajstić information content (AvgIpc) is 2.50. The second-order valence-corrected chi connectivity index (χ2v) is 5.75. The van der Waals surface area contributed by atoms with Crippen molar-refractivity contribution in [3.8, 4) is 0 Å². The maximum Gasteiger partial charge on any atom is 0.406 e. The third-order valence-electron chi connectivity index (χ3n) is 3.11. The summed E-state index contributed by atoms with van der Waals surface area (Å²) in [6.07, 6.45) is 2.57. The standard InChI is InChI=1S/C17H29F3N4O/c1-6-9-21-24(10-7-2)12-15(8-3)11-14(4)22-16(25)23(5)13-17(18,19)20/h8-9,11,14H,3,6-7,10,12-13H2,1-2,4-5H3,(H,22,25)/b15-11+,21-9-. The van der Waals surface area contributed by atoms with Crippen LogP contribution in [0.4, 0.5) is 18.0 Å². The van der Waals surface area contributed by atoms with Crippen molar-refractivity contribution in [1.29, 1.82) is 0 Å². The van der Waals surface area contributed by atoms with E-state index in [1.54, 1.807) is 19.1 Å². The van der Waals surface area contributed by atoms with Gasteiger partial charge in [0, 0.05) is 25.8 Å². The van der Waals surface area contributed by atoms with Crippen LogP contribution in [0.5, 0.6) is 0 Å². The summed E-state index contributed by atoms with van der Waals surface area (Å²) in [6, 6.07) is -1.21. The molecule has 0 aliphatic rings. The van der Waals surface area contributed by atoms with Crippen LogP contribution >= 0.6 is 0 Å². The normalized spacial score (nSPS) is 13.6. The summed E-state index contributed by atoms with van der Waals surface area (Å²) < 4.78 is 37.0. The lowest BCUT2D eigenvalue weighted by molar-refractivity contribution is -0.137. The molecular weight excluding hydrogens is 333 g/mol. The van der Waals surface area contributed by atoms with Crippen LogP contribution in [0.1, 0.15) is 33.6 Å². The number of carbonyl (C=O) groups excluding carboxylic acids is 1. The molecule has 0 aliphatic carbocycles. The lowest BCUT2D eigenvalue weighted by Gasteiger charge is -2.22. The molecule has 0 aromatic carbocycles. The third kappa shape index (κ3) is 11.2. The second kappa shape index (κ2) is 11.5. The molecule has 0 aromatic rings. The molecule has 0 heterocycles. The van der Waals surface area contributed by atoms with Gasteiger partial charge in [-0.2, -0.15) is 18.3 Å². The summed E-state index contributed by atoms with van der Waals surface area (Å²) >= 11 is 0. The topological polar surface area (TPSA) is 47.9 Å². The van der Waals surface area contributed by atoms with Crippen molar-refractivity contribution >= 4 is 12.2 Å². The Morgan fingerprint density at radius 1 is 1.36 bits per heavy atom. The molecule has 0 bridgehead atoms. The van der Waals surface area contributed by atoms with E-state index in [-0.39, 0.29) is 0 Å². The van der Waals surface area contributed by atoms with E-state index in [1.165, 1.54) is 0 Å². The number of nitrogens with one attached hydrogen (secondary N) is 1. The number of hydrogen-bond acceptors (Lipinski definition) is 3. The van der Waals surface area contributed by atoms with Gasteiger partial charge in [0.2, 0.25) is 0 Å². The summed E-state index contributed by atoms with van der Waals surface area (Å²) in [4.78, 5) is 12.4. The Morgan fingerprint density at radius 3 is 2.48 bits per heavy atom. The van der Waals surface area contributed by atoms with Gasteiger partial charge >= 0.3 is 12.2 Å². The maximum atomic E-state index is 12.3. The van der Waals surface area contributed by atoms with Crippen molar-refractivity contribution < 1.29 is 18.0 Å². The Bertz CT molecular complexity index is 475. The number of amides is 2. The molecule has 25 heavy (non-hydrogen) atoms. The fourth-order valence-corrected chi connectivity index (χ4v) is 2.04. The quantitative estimate of drug-likeness (QED) is 0.365. The molecule has 0 aromatic heterocycles.